The zero-order chi connectivity index (χ0) is 20.5. The molecule has 0 radical (unpaired) electrons. The number of benzene rings is 1. The van der Waals surface area contributed by atoms with Gasteiger partial charge in [-0.15, -0.1) is 0 Å². The third-order valence-corrected chi connectivity index (χ3v) is 5.13. The SMILES string of the molecule is CCOC(=O)CCC(=O)NC[C@@H](c1ccc(N(C)C)cc1)N1CCN(C)CC1. The van der Waals surface area contributed by atoms with Crippen LogP contribution in [0.15, 0.2) is 24.3 Å². The average Bonchev–Trinajstić information content (AvgIpc) is 2.68. The van der Waals surface area contributed by atoms with Crippen molar-refractivity contribution in [2.45, 2.75) is 25.8 Å². The van der Waals surface area contributed by atoms with E-state index in [1.54, 1.807) is 6.92 Å². The first-order chi connectivity index (χ1) is 13.4. The molecule has 156 valence electrons. The van der Waals surface area contributed by atoms with Crippen molar-refractivity contribution in [3.8, 4) is 0 Å². The van der Waals surface area contributed by atoms with Gasteiger partial charge in [0.15, 0.2) is 0 Å². The van der Waals surface area contributed by atoms with E-state index in [4.69, 9.17) is 4.74 Å². The van der Waals surface area contributed by atoms with Crippen LogP contribution in [0.5, 0.6) is 0 Å². The van der Waals surface area contributed by atoms with Gasteiger partial charge in [-0.25, -0.2) is 0 Å². The topological polar surface area (TPSA) is 65.1 Å². The molecule has 1 aromatic rings. The molecule has 0 unspecified atom stereocenters. The smallest absolute Gasteiger partial charge is 0.306 e. The minimum atomic E-state index is -0.326. The number of piperazine rings is 1. The normalized spacial score (nSPS) is 16.4. The minimum Gasteiger partial charge on any atom is -0.466 e. The molecule has 0 bridgehead atoms. The standard InChI is InChI=1S/C21H34N4O3/c1-5-28-21(27)11-10-20(26)22-16-19(25-14-12-24(4)13-15-25)17-6-8-18(9-7-17)23(2)3/h6-9,19H,5,10-16H2,1-4H3,(H,22,26)/t19-/m0/s1. The third kappa shape index (κ3) is 6.80. The first-order valence-corrected chi connectivity index (χ1v) is 10.0. The van der Waals surface area contributed by atoms with Crippen LogP contribution in [0.1, 0.15) is 31.4 Å². The fraction of sp³-hybridized carbons (Fsp3) is 0.619. The Balaban J connectivity index is 2.00. The van der Waals surface area contributed by atoms with E-state index in [0.29, 0.717) is 13.2 Å². The molecule has 1 saturated heterocycles. The Hall–Kier alpha value is -2.12. The summed E-state index contributed by atoms with van der Waals surface area (Å²) >= 11 is 0. The molecule has 1 fully saturated rings. The van der Waals surface area contributed by atoms with Gasteiger partial charge in [0.25, 0.3) is 0 Å². The van der Waals surface area contributed by atoms with Gasteiger partial charge < -0.3 is 19.9 Å². The largest absolute Gasteiger partial charge is 0.466 e. The summed E-state index contributed by atoms with van der Waals surface area (Å²) < 4.78 is 4.89. The van der Waals surface area contributed by atoms with Crippen LogP contribution in [-0.4, -0.2) is 82.1 Å². The van der Waals surface area contributed by atoms with E-state index in [0.717, 1.165) is 31.9 Å². The van der Waals surface area contributed by atoms with E-state index in [9.17, 15) is 9.59 Å². The number of esters is 1. The Bertz CT molecular complexity index is 625. The molecule has 0 spiro atoms. The van der Waals surface area contributed by atoms with Crippen molar-refractivity contribution in [1.82, 2.24) is 15.1 Å². The predicted octanol–water partition coefficient (Wildman–Crippen LogP) is 1.50. The van der Waals surface area contributed by atoms with Crippen LogP contribution in [0.25, 0.3) is 0 Å². The summed E-state index contributed by atoms with van der Waals surface area (Å²) in [4.78, 5) is 30.5. The van der Waals surface area contributed by atoms with Crippen LogP contribution in [0.4, 0.5) is 5.69 Å². The van der Waals surface area contributed by atoms with Crippen molar-refractivity contribution in [1.29, 1.82) is 0 Å². The van der Waals surface area contributed by atoms with Gasteiger partial charge in [0.2, 0.25) is 5.91 Å². The number of hydrogen-bond donors (Lipinski definition) is 1. The van der Waals surface area contributed by atoms with Crippen LogP contribution >= 0.6 is 0 Å². The number of rotatable bonds is 9. The van der Waals surface area contributed by atoms with E-state index in [-0.39, 0.29) is 30.8 Å². The molecular weight excluding hydrogens is 356 g/mol. The van der Waals surface area contributed by atoms with E-state index >= 15 is 0 Å². The Labute approximate surface area is 168 Å². The molecule has 28 heavy (non-hydrogen) atoms. The van der Waals surface area contributed by atoms with Crippen LogP contribution in [0.3, 0.4) is 0 Å². The van der Waals surface area contributed by atoms with Crippen molar-refractivity contribution in [3.63, 3.8) is 0 Å². The molecule has 7 heteroatoms. The molecule has 7 nitrogen and oxygen atoms in total. The summed E-state index contributed by atoms with van der Waals surface area (Å²) in [5, 5.41) is 3.01. The highest BCUT2D eigenvalue weighted by Crippen LogP contribution is 2.24. The number of likely N-dealkylation sites (N-methyl/N-ethyl adjacent to an activating group) is 1. The third-order valence-electron chi connectivity index (χ3n) is 5.13. The summed E-state index contributed by atoms with van der Waals surface area (Å²) in [6.07, 6.45) is 0.282. The zero-order valence-corrected chi connectivity index (χ0v) is 17.6. The number of nitrogens with zero attached hydrogens (tertiary/aromatic N) is 3. The number of anilines is 1. The summed E-state index contributed by atoms with van der Waals surface area (Å²) in [6.45, 7) is 6.61. The van der Waals surface area contributed by atoms with Gasteiger partial charge in [-0.1, -0.05) is 12.1 Å². The van der Waals surface area contributed by atoms with Crippen LogP contribution in [0.2, 0.25) is 0 Å². The zero-order valence-electron chi connectivity index (χ0n) is 17.6. The molecule has 1 atom stereocenters. The molecule has 0 aliphatic carbocycles. The van der Waals surface area contributed by atoms with Crippen molar-refractivity contribution >= 4 is 17.6 Å². The van der Waals surface area contributed by atoms with Crippen molar-refractivity contribution < 1.29 is 14.3 Å². The first-order valence-electron chi connectivity index (χ1n) is 10.0. The van der Waals surface area contributed by atoms with Crippen LogP contribution in [-0.2, 0) is 14.3 Å². The second-order valence-corrected chi connectivity index (χ2v) is 7.45. The van der Waals surface area contributed by atoms with Gasteiger partial charge in [-0.2, -0.15) is 0 Å². The molecular formula is C21H34N4O3. The fourth-order valence-corrected chi connectivity index (χ4v) is 3.33. The molecule has 2 rings (SSSR count). The molecule has 0 saturated carbocycles. The Kier molecular flexibility index (Phi) is 8.73. The lowest BCUT2D eigenvalue weighted by molar-refractivity contribution is -0.144. The minimum absolute atomic E-state index is 0.114. The molecule has 1 heterocycles. The number of amides is 1. The quantitative estimate of drug-likeness (QED) is 0.645. The number of carbonyl (C=O) groups is 2. The first kappa shape index (κ1) is 22.2. The van der Waals surface area contributed by atoms with E-state index < -0.39 is 0 Å². The van der Waals surface area contributed by atoms with Crippen molar-refractivity contribution in [2.75, 3.05) is 65.4 Å². The Morgan fingerprint density at radius 3 is 2.32 bits per heavy atom. The highest BCUT2D eigenvalue weighted by atomic mass is 16.5. The highest BCUT2D eigenvalue weighted by Gasteiger charge is 2.24. The lowest BCUT2D eigenvalue weighted by atomic mass is 10.0. The maximum atomic E-state index is 12.2. The summed E-state index contributed by atoms with van der Waals surface area (Å²) in [5.74, 6) is -0.440. The molecule has 1 aliphatic rings. The van der Waals surface area contributed by atoms with E-state index in [2.05, 4.69) is 51.3 Å². The van der Waals surface area contributed by atoms with Gasteiger partial charge in [-0.05, 0) is 31.7 Å². The molecule has 1 aromatic carbocycles. The van der Waals surface area contributed by atoms with Crippen molar-refractivity contribution in [3.05, 3.63) is 29.8 Å². The average molecular weight is 391 g/mol. The van der Waals surface area contributed by atoms with E-state index in [1.807, 2.05) is 14.1 Å². The van der Waals surface area contributed by atoms with Crippen molar-refractivity contribution in [2.24, 2.45) is 0 Å². The molecule has 1 amide bonds. The second kappa shape index (κ2) is 11.0. The second-order valence-electron chi connectivity index (χ2n) is 7.45. The van der Waals surface area contributed by atoms with Gasteiger partial charge in [0.05, 0.1) is 19.1 Å². The number of nitrogens with one attached hydrogen (secondary N) is 1. The summed E-state index contributed by atoms with van der Waals surface area (Å²) in [5.41, 5.74) is 2.35. The monoisotopic (exact) mass is 390 g/mol. The molecule has 1 N–H and O–H groups in total. The summed E-state index contributed by atoms with van der Waals surface area (Å²) in [7, 11) is 6.18. The maximum Gasteiger partial charge on any atom is 0.306 e. The van der Waals surface area contributed by atoms with Gasteiger partial charge in [0.1, 0.15) is 0 Å². The maximum absolute atomic E-state index is 12.2. The highest BCUT2D eigenvalue weighted by molar-refractivity contribution is 5.81. The molecule has 1 aliphatic heterocycles. The van der Waals surface area contributed by atoms with Gasteiger partial charge in [-0.3, -0.25) is 14.5 Å². The number of ether oxygens (including phenoxy) is 1. The van der Waals surface area contributed by atoms with Crippen LogP contribution < -0.4 is 10.2 Å². The summed E-state index contributed by atoms with van der Waals surface area (Å²) in [6, 6.07) is 8.63. The predicted molar refractivity (Wildman–Crippen MR) is 111 cm³/mol. The Morgan fingerprint density at radius 1 is 1.11 bits per heavy atom. The lowest BCUT2D eigenvalue weighted by Crippen LogP contribution is -2.48. The number of carbonyl (C=O) groups excluding carboxylic acids is 2. The fourth-order valence-electron chi connectivity index (χ4n) is 3.33. The number of hydrogen-bond acceptors (Lipinski definition) is 6. The van der Waals surface area contributed by atoms with E-state index in [1.165, 1.54) is 5.56 Å². The molecule has 0 aromatic heterocycles. The Morgan fingerprint density at radius 2 is 1.75 bits per heavy atom. The lowest BCUT2D eigenvalue weighted by Gasteiger charge is -2.38. The van der Waals surface area contributed by atoms with Gasteiger partial charge in [0, 0.05) is 58.9 Å². The van der Waals surface area contributed by atoms with Crippen LogP contribution in [0, 0.1) is 0 Å². The van der Waals surface area contributed by atoms with Gasteiger partial charge >= 0.3 is 5.97 Å².